The minimum absolute atomic E-state index is 0.170. The number of hydrogen-bond acceptors (Lipinski definition) is 4. The number of aryl methyl sites for hydroxylation is 1. The topological polar surface area (TPSA) is 71.0 Å². The molecule has 0 spiro atoms. The van der Waals surface area contributed by atoms with Crippen LogP contribution in [-0.2, 0) is 9.59 Å². The summed E-state index contributed by atoms with van der Waals surface area (Å²) in [5.41, 5.74) is 1.34. The lowest BCUT2D eigenvalue weighted by atomic mass is 10.1. The van der Waals surface area contributed by atoms with Gasteiger partial charge in [-0.1, -0.05) is 6.07 Å². The van der Waals surface area contributed by atoms with Gasteiger partial charge in [0.05, 0.1) is 12.8 Å². The van der Waals surface area contributed by atoms with Crippen molar-refractivity contribution in [3.8, 4) is 5.75 Å². The molecule has 1 N–H and O–H groups in total. The van der Waals surface area contributed by atoms with Gasteiger partial charge in [0.25, 0.3) is 5.91 Å². The molecule has 0 unspecified atom stereocenters. The maximum atomic E-state index is 13.2. The smallest absolute Gasteiger partial charge is 0.275 e. The number of carbonyl (C=O) groups is 2. The molecule has 146 valence electrons. The molecule has 0 fully saturated rings. The van der Waals surface area contributed by atoms with E-state index in [2.05, 4.69) is 10.3 Å². The van der Waals surface area contributed by atoms with Crippen molar-refractivity contribution in [2.24, 2.45) is 4.99 Å². The van der Waals surface area contributed by atoms with Gasteiger partial charge in [0.2, 0.25) is 5.91 Å². The predicted octanol–water partition coefficient (Wildman–Crippen LogP) is 3.15. The fraction of sp³-hybridized carbons (Fsp3) is 0.286. The summed E-state index contributed by atoms with van der Waals surface area (Å²) in [5.74, 6) is -0.588. The number of benzene rings is 2. The van der Waals surface area contributed by atoms with E-state index >= 15 is 0 Å². The summed E-state index contributed by atoms with van der Waals surface area (Å²) in [6.07, 6.45) is 0. The molecule has 2 aromatic rings. The van der Waals surface area contributed by atoms with Crippen LogP contribution in [0, 0.1) is 12.7 Å². The molecule has 2 aromatic carbocycles. The summed E-state index contributed by atoms with van der Waals surface area (Å²) in [7, 11) is 1.52. The minimum atomic E-state index is -0.894. The molecule has 0 saturated heterocycles. The van der Waals surface area contributed by atoms with Crippen molar-refractivity contribution in [2.45, 2.75) is 26.4 Å². The van der Waals surface area contributed by atoms with Crippen LogP contribution in [0.1, 0.15) is 25.0 Å². The van der Waals surface area contributed by atoms with Crippen molar-refractivity contribution in [1.82, 2.24) is 4.90 Å². The highest BCUT2D eigenvalue weighted by Gasteiger charge is 2.41. The van der Waals surface area contributed by atoms with Gasteiger partial charge in [-0.05, 0) is 62.7 Å². The van der Waals surface area contributed by atoms with E-state index < -0.39 is 11.5 Å². The summed E-state index contributed by atoms with van der Waals surface area (Å²) in [6.45, 7) is 5.24. The van der Waals surface area contributed by atoms with Crippen molar-refractivity contribution in [2.75, 3.05) is 19.0 Å². The first-order valence-electron chi connectivity index (χ1n) is 8.83. The second kappa shape index (κ2) is 7.42. The van der Waals surface area contributed by atoms with Gasteiger partial charge in [-0.2, -0.15) is 0 Å². The highest BCUT2D eigenvalue weighted by molar-refractivity contribution is 6.47. The minimum Gasteiger partial charge on any atom is -0.495 e. The average molecular weight is 383 g/mol. The summed E-state index contributed by atoms with van der Waals surface area (Å²) in [5, 5.41) is 2.79. The largest absolute Gasteiger partial charge is 0.495 e. The Morgan fingerprint density at radius 2 is 1.89 bits per heavy atom. The number of nitrogens with zero attached hydrogens (tertiary/aromatic N) is 2. The molecule has 3 rings (SSSR count). The lowest BCUT2D eigenvalue weighted by molar-refractivity contribution is -0.131. The highest BCUT2D eigenvalue weighted by Crippen LogP contribution is 2.28. The third-order valence-corrected chi connectivity index (χ3v) is 4.54. The number of amides is 2. The standard InChI is InChI=1S/C21H22FN3O3/c1-13-5-10-17(28-4)16(11-13)23-18(26)12-25-20(27)19(24-21(25,2)3)14-6-8-15(22)9-7-14/h5-11H,12H2,1-4H3,(H,23,26). The van der Waals surface area contributed by atoms with Crippen LogP contribution >= 0.6 is 0 Å². The summed E-state index contributed by atoms with van der Waals surface area (Å²) < 4.78 is 18.4. The maximum absolute atomic E-state index is 13.2. The van der Waals surface area contributed by atoms with E-state index in [1.54, 1.807) is 26.0 Å². The molecule has 1 heterocycles. The Labute approximate surface area is 163 Å². The number of halogens is 1. The van der Waals surface area contributed by atoms with Crippen LogP contribution in [0.4, 0.5) is 10.1 Å². The van der Waals surface area contributed by atoms with Crippen molar-refractivity contribution < 1.29 is 18.7 Å². The number of carbonyl (C=O) groups excluding carboxylic acids is 2. The first-order chi connectivity index (χ1) is 13.2. The van der Waals surface area contributed by atoms with Crippen LogP contribution in [0.25, 0.3) is 0 Å². The molecule has 7 heteroatoms. The van der Waals surface area contributed by atoms with Gasteiger partial charge < -0.3 is 15.0 Å². The molecular formula is C21H22FN3O3. The van der Waals surface area contributed by atoms with Gasteiger partial charge in [0.15, 0.2) is 0 Å². The Hall–Kier alpha value is -3.22. The van der Waals surface area contributed by atoms with E-state index in [-0.39, 0.29) is 24.1 Å². The molecule has 6 nitrogen and oxygen atoms in total. The zero-order chi connectivity index (χ0) is 20.5. The average Bonchev–Trinajstić information content (AvgIpc) is 2.86. The second-order valence-corrected chi connectivity index (χ2v) is 7.10. The lowest BCUT2D eigenvalue weighted by Crippen LogP contribution is -2.46. The molecule has 0 atom stereocenters. The fourth-order valence-electron chi connectivity index (χ4n) is 3.07. The highest BCUT2D eigenvalue weighted by atomic mass is 19.1. The van der Waals surface area contributed by atoms with Gasteiger partial charge in [0, 0.05) is 5.56 Å². The van der Waals surface area contributed by atoms with Crippen LogP contribution < -0.4 is 10.1 Å². The van der Waals surface area contributed by atoms with E-state index in [9.17, 15) is 14.0 Å². The summed E-state index contributed by atoms with van der Waals surface area (Å²) in [6, 6.07) is 11.0. The Morgan fingerprint density at radius 1 is 1.21 bits per heavy atom. The fourth-order valence-corrected chi connectivity index (χ4v) is 3.07. The van der Waals surface area contributed by atoms with E-state index in [1.165, 1.54) is 36.3 Å². The number of methoxy groups -OCH3 is 1. The summed E-state index contributed by atoms with van der Waals surface area (Å²) >= 11 is 0. The molecule has 28 heavy (non-hydrogen) atoms. The normalized spacial score (nSPS) is 15.4. The number of rotatable bonds is 5. The third-order valence-electron chi connectivity index (χ3n) is 4.54. The molecule has 0 saturated carbocycles. The molecule has 0 bridgehead atoms. The summed E-state index contributed by atoms with van der Waals surface area (Å²) in [4.78, 5) is 31.3. The maximum Gasteiger partial charge on any atom is 0.275 e. The van der Waals surface area contributed by atoms with Gasteiger partial charge in [-0.25, -0.2) is 4.39 Å². The van der Waals surface area contributed by atoms with Crippen LogP contribution in [0.3, 0.4) is 0 Å². The number of hydrogen-bond donors (Lipinski definition) is 1. The van der Waals surface area contributed by atoms with Crippen LogP contribution in [0.15, 0.2) is 47.5 Å². The zero-order valence-electron chi connectivity index (χ0n) is 16.2. The van der Waals surface area contributed by atoms with E-state index in [1.807, 2.05) is 13.0 Å². The number of anilines is 1. The SMILES string of the molecule is COc1ccc(C)cc1NC(=O)CN1C(=O)C(c2ccc(F)cc2)=NC1(C)C. The van der Waals surface area contributed by atoms with Gasteiger partial charge in [-0.15, -0.1) is 0 Å². The first-order valence-corrected chi connectivity index (χ1v) is 8.83. The predicted molar refractivity (Wildman–Crippen MR) is 105 cm³/mol. The van der Waals surface area contributed by atoms with Crippen molar-refractivity contribution in [1.29, 1.82) is 0 Å². The Balaban J connectivity index is 1.77. The Morgan fingerprint density at radius 3 is 2.54 bits per heavy atom. The Kier molecular flexibility index (Phi) is 5.18. The van der Waals surface area contributed by atoms with Crippen molar-refractivity contribution in [3.05, 3.63) is 59.4 Å². The molecule has 0 aromatic heterocycles. The third kappa shape index (κ3) is 3.88. The lowest BCUT2D eigenvalue weighted by Gasteiger charge is -2.28. The van der Waals surface area contributed by atoms with Gasteiger partial charge in [-0.3, -0.25) is 14.6 Å². The molecule has 1 aliphatic rings. The molecule has 1 aliphatic heterocycles. The van der Waals surface area contributed by atoms with Crippen molar-refractivity contribution in [3.63, 3.8) is 0 Å². The zero-order valence-corrected chi connectivity index (χ0v) is 16.2. The number of nitrogens with one attached hydrogen (secondary N) is 1. The van der Waals surface area contributed by atoms with Crippen LogP contribution in [0.2, 0.25) is 0 Å². The van der Waals surface area contributed by atoms with E-state index in [0.717, 1.165) is 5.56 Å². The molecular weight excluding hydrogens is 361 g/mol. The number of ether oxygens (including phenoxy) is 1. The van der Waals surface area contributed by atoms with Gasteiger partial charge >= 0.3 is 0 Å². The van der Waals surface area contributed by atoms with Gasteiger partial charge in [0.1, 0.15) is 29.5 Å². The van der Waals surface area contributed by atoms with Crippen molar-refractivity contribution >= 4 is 23.2 Å². The second-order valence-electron chi connectivity index (χ2n) is 7.10. The quantitative estimate of drug-likeness (QED) is 0.862. The Bertz CT molecular complexity index is 952. The van der Waals surface area contributed by atoms with Crippen LogP contribution in [-0.4, -0.2) is 41.7 Å². The molecule has 0 radical (unpaired) electrons. The molecule has 0 aliphatic carbocycles. The monoisotopic (exact) mass is 383 g/mol. The first kappa shape index (κ1) is 19.5. The molecule has 2 amide bonds. The van der Waals surface area contributed by atoms with E-state index in [4.69, 9.17) is 4.74 Å². The van der Waals surface area contributed by atoms with Crippen LogP contribution in [0.5, 0.6) is 5.75 Å². The number of aliphatic imine (C=N–C) groups is 1. The van der Waals surface area contributed by atoms with E-state index in [0.29, 0.717) is 17.0 Å².